The molecule has 334 valence electrons. The summed E-state index contributed by atoms with van der Waals surface area (Å²) in [4.78, 5) is 78.3. The minimum absolute atomic E-state index is 0.136. The van der Waals surface area contributed by atoms with E-state index in [1.807, 2.05) is 19.9 Å². The van der Waals surface area contributed by atoms with Crippen LogP contribution in [0.5, 0.6) is 0 Å². The summed E-state index contributed by atoms with van der Waals surface area (Å²) in [7, 11) is 2.79. The zero-order chi connectivity index (χ0) is 45.3. The van der Waals surface area contributed by atoms with Crippen molar-refractivity contribution < 1.29 is 67.6 Å². The molecular formula is C43H63ClN3O13+. The van der Waals surface area contributed by atoms with Crippen LogP contribution in [0.1, 0.15) is 101 Å². The first kappa shape index (κ1) is 46.9. The molecule has 0 bridgehead atoms. The van der Waals surface area contributed by atoms with E-state index in [4.69, 9.17) is 35.4 Å². The van der Waals surface area contributed by atoms with Gasteiger partial charge in [0.1, 0.15) is 17.2 Å². The van der Waals surface area contributed by atoms with Gasteiger partial charge in [0.2, 0.25) is 11.1 Å². The Kier molecular flexibility index (Phi) is 12.5. The molecule has 1 aromatic carbocycles. The van der Waals surface area contributed by atoms with Crippen molar-refractivity contribution in [2.24, 2.45) is 29.6 Å². The second-order valence-corrected chi connectivity index (χ2v) is 19.5. The number of carboxylic acids is 1. The first-order chi connectivity index (χ1) is 27.6. The number of likely N-dealkylation sites (tertiary alicyclic amines) is 1. The highest BCUT2D eigenvalue weighted by atomic mass is 35.5. The summed E-state index contributed by atoms with van der Waals surface area (Å²) >= 11 is 6.82. The fraction of sp³-hybridized carbons (Fsp3) is 0.698. The summed E-state index contributed by atoms with van der Waals surface area (Å²) in [6, 6.07) is 4.71. The maximum absolute atomic E-state index is 15.1. The Hall–Kier alpha value is -4.12. The molecule has 2 aliphatic carbocycles. The molecule has 0 radical (unpaired) electrons. The minimum atomic E-state index is -2.73. The molecule has 2 fully saturated rings. The number of hydrogen-bond acceptors (Lipinski definition) is 12. The van der Waals surface area contributed by atoms with Gasteiger partial charge < -0.3 is 39.2 Å². The normalized spacial score (nSPS) is 34.2. The second kappa shape index (κ2) is 16.0. The fourth-order valence-corrected chi connectivity index (χ4v) is 11.7. The van der Waals surface area contributed by atoms with Gasteiger partial charge in [-0.15, -0.1) is 0 Å². The summed E-state index contributed by atoms with van der Waals surface area (Å²) in [5, 5.41) is 39.7. The van der Waals surface area contributed by atoms with Gasteiger partial charge in [-0.25, -0.2) is 24.3 Å². The number of fused-ring (bicyclic) bond motifs is 4. The van der Waals surface area contributed by atoms with Crippen molar-refractivity contribution in [2.75, 3.05) is 32.3 Å². The fourth-order valence-electron chi connectivity index (χ4n) is 11.4. The number of hydroxylamine groups is 1. The van der Waals surface area contributed by atoms with E-state index in [-0.39, 0.29) is 34.7 Å². The molecule has 3 N–H and O–H groups in total. The average molecular weight is 865 g/mol. The maximum Gasteiger partial charge on any atom is 0.517 e. The summed E-state index contributed by atoms with van der Waals surface area (Å²) in [6.07, 6.45) is -4.84. The molecule has 2 aliphatic heterocycles. The van der Waals surface area contributed by atoms with Crippen LogP contribution >= 0.6 is 11.6 Å². The molecule has 0 aromatic heterocycles. The van der Waals surface area contributed by atoms with Crippen molar-refractivity contribution in [1.82, 2.24) is 4.90 Å². The molecule has 17 heteroatoms. The predicted octanol–water partition coefficient (Wildman–Crippen LogP) is 7.34. The number of para-hydroxylation sites is 1. The number of carbonyl (C=O) groups is 5. The number of aliphatic carboxylic acids is 1. The Morgan fingerprint density at radius 2 is 1.73 bits per heavy atom. The molecule has 16 nitrogen and oxygen atoms in total. The molecule has 1 aromatic rings. The second-order valence-electron chi connectivity index (χ2n) is 19.1. The molecule has 5 rings (SSSR count). The number of anilines is 1. The van der Waals surface area contributed by atoms with Crippen molar-refractivity contribution in [3.63, 3.8) is 0 Å². The molecule has 1 saturated carbocycles. The van der Waals surface area contributed by atoms with Crippen LogP contribution in [-0.2, 0) is 39.0 Å². The van der Waals surface area contributed by atoms with Gasteiger partial charge in [0, 0.05) is 38.5 Å². The standard InChI is InChI=1S/C43H62ClN3O13/c1-14-46(36(51)56-13)21-24(3)27-19-18-25(4)43(55)29(27)20-23(2)32(57-26(5)48)33(43)41(35(49)50)22-42(59-38(54)58-40(9,10)11)28-16-15-17-30(44)31(28)45(12)60-34(42)47(41,37(52)53)39(6,7)8/h15-17,20,24-25,27,29,32-34,55H,14,18-19,21-22H2,1-13H3,(H-,49,50,52,53)/p+1/t24?,25-,27+,29-,32+,33-,34-,41+,42-,43-,47?/m1/s1. The van der Waals surface area contributed by atoms with Crippen LogP contribution in [-0.4, -0.2) is 117 Å². The van der Waals surface area contributed by atoms with Crippen LogP contribution in [0.4, 0.5) is 20.1 Å². The summed E-state index contributed by atoms with van der Waals surface area (Å²) in [5.41, 5.74) is -9.11. The maximum atomic E-state index is 15.1. The van der Waals surface area contributed by atoms with E-state index in [2.05, 4.69) is 0 Å². The van der Waals surface area contributed by atoms with Crippen LogP contribution in [0.15, 0.2) is 29.8 Å². The summed E-state index contributed by atoms with van der Waals surface area (Å²) < 4.78 is 21.8. The number of nitrogens with zero attached hydrogens (tertiary/aromatic N) is 3. The average Bonchev–Trinajstić information content (AvgIpc) is 3.39. The third-order valence-corrected chi connectivity index (χ3v) is 13.9. The van der Waals surface area contributed by atoms with E-state index in [0.29, 0.717) is 25.0 Å². The SMILES string of the molecule is CCN(CC(C)[C@@H]1CC[C@@H](C)[C@@]2(O)[C@@H]1C=C(C)[C@H](OC(C)=O)[C@@H]2[C@]1(C(=O)O)C[C@@]2(OC(=O)OC(C)(C)C)c3cccc(Cl)c3N(C)O[C@H]2[N+]1(C(=O)O)C(C)(C)C)C(=O)OC. The van der Waals surface area contributed by atoms with Gasteiger partial charge in [-0.1, -0.05) is 43.7 Å². The van der Waals surface area contributed by atoms with Crippen molar-refractivity contribution in [3.8, 4) is 0 Å². The van der Waals surface area contributed by atoms with E-state index in [9.17, 15) is 34.5 Å². The van der Waals surface area contributed by atoms with Gasteiger partial charge in [-0.3, -0.25) is 4.79 Å². The summed E-state index contributed by atoms with van der Waals surface area (Å²) in [6.45, 7) is 18.5. The van der Waals surface area contributed by atoms with Crippen molar-refractivity contribution in [1.29, 1.82) is 0 Å². The molecule has 11 atom stereocenters. The minimum Gasteiger partial charge on any atom is -0.477 e. The lowest BCUT2D eigenvalue weighted by molar-refractivity contribution is -0.979. The number of amides is 2. The predicted molar refractivity (Wildman–Crippen MR) is 219 cm³/mol. The number of halogens is 1. The first-order valence-electron chi connectivity index (χ1n) is 20.5. The van der Waals surface area contributed by atoms with E-state index >= 15 is 4.79 Å². The Morgan fingerprint density at radius 3 is 2.25 bits per heavy atom. The number of carboxylic acid groups (broad SMARTS) is 2. The lowest BCUT2D eigenvalue weighted by Crippen LogP contribution is -2.84. The number of rotatable bonds is 8. The topological polar surface area (TPSA) is 199 Å². The highest BCUT2D eigenvalue weighted by Crippen LogP contribution is 2.69. The molecule has 4 aliphatic rings. The van der Waals surface area contributed by atoms with Gasteiger partial charge in [-0.2, -0.15) is 9.28 Å². The van der Waals surface area contributed by atoms with Gasteiger partial charge in [-0.05, 0) is 97.6 Å². The first-order valence-corrected chi connectivity index (χ1v) is 20.9. The van der Waals surface area contributed by atoms with Crippen LogP contribution in [0.25, 0.3) is 0 Å². The number of carbonyl (C=O) groups excluding carboxylic acids is 3. The Morgan fingerprint density at radius 1 is 1.10 bits per heavy atom. The van der Waals surface area contributed by atoms with Gasteiger partial charge in [0.15, 0.2) is 0 Å². The smallest absolute Gasteiger partial charge is 0.477 e. The zero-order valence-corrected chi connectivity index (χ0v) is 37.8. The highest BCUT2D eigenvalue weighted by molar-refractivity contribution is 6.33. The van der Waals surface area contributed by atoms with E-state index in [1.165, 1.54) is 19.2 Å². The molecule has 2 unspecified atom stereocenters. The van der Waals surface area contributed by atoms with Crippen molar-refractivity contribution >= 4 is 47.6 Å². The van der Waals surface area contributed by atoms with Crippen molar-refractivity contribution in [2.45, 2.75) is 136 Å². The lowest BCUT2D eigenvalue weighted by atomic mass is 9.48. The Labute approximate surface area is 357 Å². The number of esters is 1. The molecular weight excluding hydrogens is 802 g/mol. The van der Waals surface area contributed by atoms with E-state index in [0.717, 1.165) is 6.92 Å². The third kappa shape index (κ3) is 6.98. The monoisotopic (exact) mass is 864 g/mol. The number of aliphatic hydroxyl groups is 1. The lowest BCUT2D eigenvalue weighted by Gasteiger charge is -2.63. The molecule has 60 heavy (non-hydrogen) atoms. The van der Waals surface area contributed by atoms with E-state index in [1.54, 1.807) is 78.5 Å². The number of hydrogen-bond donors (Lipinski definition) is 3. The molecule has 2 amide bonds. The van der Waals surface area contributed by atoms with Gasteiger partial charge in [0.05, 0.1) is 35.8 Å². The Balaban J connectivity index is 1.95. The molecule has 0 spiro atoms. The van der Waals surface area contributed by atoms with Crippen molar-refractivity contribution in [3.05, 3.63) is 40.4 Å². The van der Waals surface area contributed by atoms with Gasteiger partial charge in [0.25, 0.3) is 6.23 Å². The van der Waals surface area contributed by atoms with E-state index < -0.39 is 99.2 Å². The van der Waals surface area contributed by atoms with Crippen LogP contribution in [0.3, 0.4) is 0 Å². The number of methoxy groups -OCH3 is 1. The Bertz CT molecular complexity index is 1930. The number of quaternary nitrogens is 1. The third-order valence-electron chi connectivity index (χ3n) is 13.6. The summed E-state index contributed by atoms with van der Waals surface area (Å²) in [5.74, 6) is -6.40. The quantitative estimate of drug-likeness (QED) is 0.102. The van der Waals surface area contributed by atoms with Crippen LogP contribution in [0.2, 0.25) is 5.02 Å². The molecule has 1 saturated heterocycles. The highest BCUT2D eigenvalue weighted by Gasteiger charge is 2.90. The van der Waals surface area contributed by atoms with Gasteiger partial charge >= 0.3 is 30.3 Å². The van der Waals surface area contributed by atoms with Crippen LogP contribution in [0, 0.1) is 29.6 Å². The number of benzene rings is 1. The number of ether oxygens (including phenoxy) is 4. The largest absolute Gasteiger partial charge is 0.517 e. The van der Waals surface area contributed by atoms with Crippen LogP contribution < -0.4 is 5.06 Å². The zero-order valence-electron chi connectivity index (χ0n) is 37.0. The molecule has 2 heterocycles.